The van der Waals surface area contributed by atoms with E-state index in [1.165, 1.54) is 25.3 Å². The molecule has 0 amide bonds. The van der Waals surface area contributed by atoms with Crippen molar-refractivity contribution < 1.29 is 24.5 Å². The topological polar surface area (TPSA) is 76.0 Å². The number of aromatic hydroxyl groups is 2. The lowest BCUT2D eigenvalue weighted by Crippen LogP contribution is -1.85. The van der Waals surface area contributed by atoms with Gasteiger partial charge in [0.05, 0.1) is 7.11 Å². The van der Waals surface area contributed by atoms with E-state index in [2.05, 4.69) is 0 Å². The number of carbonyl (C=O) groups excluding carboxylic acids is 1. The zero-order chi connectivity index (χ0) is 17.5. The average Bonchev–Trinajstić information content (AvgIpc) is 2.58. The fraction of sp³-hybridized carbons (Fsp3) is 0.278. The molecule has 0 aliphatic carbocycles. The van der Waals surface area contributed by atoms with Crippen LogP contribution in [0.2, 0.25) is 0 Å². The van der Waals surface area contributed by atoms with Gasteiger partial charge in [0.15, 0.2) is 11.5 Å². The van der Waals surface area contributed by atoms with Gasteiger partial charge in [-0.25, -0.2) is 0 Å². The number of para-hydroxylation sites is 1. The number of carbonyl (C=O) groups is 1. The number of ether oxygens (including phenoxy) is 2. The Balaban J connectivity index is 0.000000347. The summed E-state index contributed by atoms with van der Waals surface area (Å²) < 4.78 is 9.61. The number of benzene rings is 2. The minimum absolute atomic E-state index is 0.0399. The molecule has 0 atom stereocenters. The molecule has 126 valence electrons. The van der Waals surface area contributed by atoms with E-state index in [0.717, 1.165) is 13.2 Å². The molecule has 0 unspecified atom stereocenters. The van der Waals surface area contributed by atoms with Crippen molar-refractivity contribution in [3.8, 4) is 17.2 Å². The summed E-state index contributed by atoms with van der Waals surface area (Å²) in [5.41, 5.74) is 0.486. The van der Waals surface area contributed by atoms with Gasteiger partial charge in [-0.2, -0.15) is 0 Å². The lowest BCUT2D eigenvalue weighted by molar-refractivity contribution is 0.112. The summed E-state index contributed by atoms with van der Waals surface area (Å²) in [6.45, 7) is 5.67. The Hall–Kier alpha value is -2.53. The number of rotatable bonds is 4. The Morgan fingerprint density at radius 2 is 1.61 bits per heavy atom. The first-order chi connectivity index (χ1) is 11.1. The number of hydrogen-bond donors (Lipinski definition) is 2. The van der Waals surface area contributed by atoms with Crippen LogP contribution in [0.5, 0.6) is 17.2 Å². The average molecular weight is 320 g/mol. The maximum absolute atomic E-state index is 10.2. The van der Waals surface area contributed by atoms with Crippen molar-refractivity contribution in [3.05, 3.63) is 54.1 Å². The molecule has 0 fully saturated rings. The van der Waals surface area contributed by atoms with E-state index < -0.39 is 0 Å². The number of methoxy groups -OCH3 is 1. The minimum atomic E-state index is 0.0399. The third kappa shape index (κ3) is 9.92. The molecule has 0 saturated carbocycles. The number of hydrogen-bond acceptors (Lipinski definition) is 5. The normalized spacial score (nSPS) is 8.83. The standard InChI is InChI=1S/C8H8O3.C6H6O.C4H10O/c1-11-8-4-6(5-9)2-3-7(8)10;7-6-4-2-1-3-5-6;1-3-5-4-2/h2-5,10H,1H3;1-5,7H;3-4H2,1-2H3. The molecule has 2 aromatic rings. The van der Waals surface area contributed by atoms with Crippen molar-refractivity contribution in [3.63, 3.8) is 0 Å². The van der Waals surface area contributed by atoms with Crippen LogP contribution in [0.1, 0.15) is 24.2 Å². The molecule has 2 aromatic carbocycles. The van der Waals surface area contributed by atoms with Gasteiger partial charge in [-0.05, 0) is 44.2 Å². The lowest BCUT2D eigenvalue weighted by atomic mass is 10.2. The molecule has 23 heavy (non-hydrogen) atoms. The van der Waals surface area contributed by atoms with Crippen LogP contribution < -0.4 is 4.74 Å². The molecule has 0 radical (unpaired) electrons. The van der Waals surface area contributed by atoms with Gasteiger partial charge in [-0.1, -0.05) is 18.2 Å². The molecule has 0 heterocycles. The fourth-order valence-corrected chi connectivity index (χ4v) is 1.40. The lowest BCUT2D eigenvalue weighted by Gasteiger charge is -2.01. The van der Waals surface area contributed by atoms with E-state index in [9.17, 15) is 4.79 Å². The van der Waals surface area contributed by atoms with Gasteiger partial charge >= 0.3 is 0 Å². The molecule has 0 aromatic heterocycles. The molecule has 0 spiro atoms. The molecule has 0 aliphatic heterocycles. The van der Waals surface area contributed by atoms with Crippen LogP contribution in [0.4, 0.5) is 0 Å². The molecule has 0 saturated heterocycles. The van der Waals surface area contributed by atoms with E-state index in [4.69, 9.17) is 19.7 Å². The summed E-state index contributed by atoms with van der Waals surface area (Å²) in [5.74, 6) is 0.676. The summed E-state index contributed by atoms with van der Waals surface area (Å²) in [5, 5.41) is 17.7. The van der Waals surface area contributed by atoms with E-state index in [-0.39, 0.29) is 5.75 Å². The van der Waals surface area contributed by atoms with Crippen LogP contribution in [0.3, 0.4) is 0 Å². The van der Waals surface area contributed by atoms with Gasteiger partial charge < -0.3 is 19.7 Å². The van der Waals surface area contributed by atoms with E-state index >= 15 is 0 Å². The Labute approximate surface area is 137 Å². The molecular weight excluding hydrogens is 296 g/mol. The first kappa shape index (κ1) is 20.5. The summed E-state index contributed by atoms with van der Waals surface area (Å²) in [6, 6.07) is 13.1. The minimum Gasteiger partial charge on any atom is -0.508 e. The second kappa shape index (κ2) is 13.2. The first-order valence-electron chi connectivity index (χ1n) is 7.22. The highest BCUT2D eigenvalue weighted by atomic mass is 16.5. The molecule has 2 rings (SSSR count). The van der Waals surface area contributed by atoms with Crippen molar-refractivity contribution >= 4 is 6.29 Å². The second-order valence-corrected chi connectivity index (χ2v) is 4.17. The summed E-state index contributed by atoms with van der Waals surface area (Å²) in [6.07, 6.45) is 0.696. The smallest absolute Gasteiger partial charge is 0.161 e. The van der Waals surface area contributed by atoms with E-state index in [1.807, 2.05) is 19.9 Å². The number of aldehydes is 1. The molecule has 0 aliphatic rings. The summed E-state index contributed by atoms with van der Waals surface area (Å²) >= 11 is 0. The van der Waals surface area contributed by atoms with E-state index in [0.29, 0.717) is 23.3 Å². The molecule has 5 heteroatoms. The summed E-state index contributed by atoms with van der Waals surface area (Å²) in [4.78, 5) is 10.2. The SMILES string of the molecule is CCOCC.COc1cc(C=O)ccc1O.Oc1ccccc1. The Bertz CT molecular complexity index is 538. The molecule has 0 bridgehead atoms. The highest BCUT2D eigenvalue weighted by Gasteiger charge is 2.00. The highest BCUT2D eigenvalue weighted by molar-refractivity contribution is 5.76. The third-order valence-electron chi connectivity index (χ3n) is 2.50. The van der Waals surface area contributed by atoms with Gasteiger partial charge in [-0.3, -0.25) is 4.79 Å². The van der Waals surface area contributed by atoms with Crippen LogP contribution in [0.25, 0.3) is 0 Å². The fourth-order valence-electron chi connectivity index (χ4n) is 1.40. The van der Waals surface area contributed by atoms with E-state index in [1.54, 1.807) is 24.3 Å². The Morgan fingerprint density at radius 1 is 1.00 bits per heavy atom. The maximum Gasteiger partial charge on any atom is 0.161 e. The van der Waals surface area contributed by atoms with Crippen molar-refractivity contribution in [2.24, 2.45) is 0 Å². The van der Waals surface area contributed by atoms with Crippen LogP contribution in [-0.4, -0.2) is 36.8 Å². The third-order valence-corrected chi connectivity index (χ3v) is 2.50. The zero-order valence-corrected chi connectivity index (χ0v) is 13.7. The van der Waals surface area contributed by atoms with Gasteiger partial charge in [0.25, 0.3) is 0 Å². The predicted molar refractivity (Wildman–Crippen MR) is 90.3 cm³/mol. The van der Waals surface area contributed by atoms with Crippen molar-refractivity contribution in [2.75, 3.05) is 20.3 Å². The van der Waals surface area contributed by atoms with Crippen LogP contribution in [0.15, 0.2) is 48.5 Å². The number of phenols is 2. The van der Waals surface area contributed by atoms with Gasteiger partial charge in [-0.15, -0.1) is 0 Å². The predicted octanol–water partition coefficient (Wildman–Crippen LogP) is 3.65. The summed E-state index contributed by atoms with van der Waals surface area (Å²) in [7, 11) is 1.43. The van der Waals surface area contributed by atoms with Gasteiger partial charge in [0.2, 0.25) is 0 Å². The quantitative estimate of drug-likeness (QED) is 0.841. The second-order valence-electron chi connectivity index (χ2n) is 4.17. The molecular formula is C18H24O5. The van der Waals surface area contributed by atoms with Crippen molar-refractivity contribution in [1.82, 2.24) is 0 Å². The van der Waals surface area contributed by atoms with Gasteiger partial charge in [0, 0.05) is 18.8 Å². The van der Waals surface area contributed by atoms with Gasteiger partial charge in [0.1, 0.15) is 12.0 Å². The maximum atomic E-state index is 10.2. The van der Waals surface area contributed by atoms with Crippen LogP contribution in [0, 0.1) is 0 Å². The Morgan fingerprint density at radius 3 is 1.96 bits per heavy atom. The number of phenolic OH excluding ortho intramolecular Hbond substituents is 2. The van der Waals surface area contributed by atoms with Crippen molar-refractivity contribution in [1.29, 1.82) is 0 Å². The monoisotopic (exact) mass is 320 g/mol. The first-order valence-corrected chi connectivity index (χ1v) is 7.22. The zero-order valence-electron chi connectivity index (χ0n) is 13.7. The van der Waals surface area contributed by atoms with Crippen LogP contribution in [-0.2, 0) is 4.74 Å². The Kier molecular flexibility index (Phi) is 11.7. The largest absolute Gasteiger partial charge is 0.508 e. The van der Waals surface area contributed by atoms with Crippen LogP contribution >= 0.6 is 0 Å². The highest BCUT2D eigenvalue weighted by Crippen LogP contribution is 2.25. The molecule has 5 nitrogen and oxygen atoms in total. The van der Waals surface area contributed by atoms with Crippen molar-refractivity contribution in [2.45, 2.75) is 13.8 Å². The molecule has 2 N–H and O–H groups in total.